The molecular weight excluding hydrogens is 412 g/mol. The van der Waals surface area contributed by atoms with Crippen LogP contribution in [0.5, 0.6) is 0 Å². The molecule has 0 unspecified atom stereocenters. The van der Waals surface area contributed by atoms with Crippen molar-refractivity contribution in [1.29, 1.82) is 0 Å². The van der Waals surface area contributed by atoms with E-state index in [4.69, 9.17) is 9.47 Å². The summed E-state index contributed by atoms with van der Waals surface area (Å²) < 4.78 is 10.9. The highest BCUT2D eigenvalue weighted by Crippen LogP contribution is 2.29. The van der Waals surface area contributed by atoms with Crippen LogP contribution >= 0.6 is 0 Å². The molecule has 1 aromatic carbocycles. The topological polar surface area (TPSA) is 96.4 Å². The van der Waals surface area contributed by atoms with E-state index in [0.29, 0.717) is 13.0 Å². The van der Waals surface area contributed by atoms with Crippen molar-refractivity contribution in [3.63, 3.8) is 0 Å². The molecule has 2 rings (SSSR count). The number of amides is 2. The van der Waals surface area contributed by atoms with E-state index in [1.54, 1.807) is 27.8 Å². The summed E-state index contributed by atoms with van der Waals surface area (Å²) in [5, 5.41) is 9.94. The van der Waals surface area contributed by atoms with Crippen LogP contribution in [0, 0.1) is 11.8 Å². The molecule has 1 heterocycles. The van der Waals surface area contributed by atoms with Gasteiger partial charge in [0.05, 0.1) is 18.6 Å². The summed E-state index contributed by atoms with van der Waals surface area (Å²) in [5.74, 6) is -1.59. The number of hydrogen-bond acceptors (Lipinski definition) is 6. The first-order valence-corrected chi connectivity index (χ1v) is 11.0. The smallest absolute Gasteiger partial charge is 0.410 e. The van der Waals surface area contributed by atoms with E-state index in [9.17, 15) is 19.5 Å². The molecule has 1 aromatic rings. The van der Waals surface area contributed by atoms with Crippen molar-refractivity contribution in [2.75, 3.05) is 20.2 Å². The van der Waals surface area contributed by atoms with Gasteiger partial charge in [0.1, 0.15) is 18.2 Å². The molecule has 178 valence electrons. The first-order valence-electron chi connectivity index (χ1n) is 11.0. The average Bonchev–Trinajstić information content (AvgIpc) is 3.15. The number of aliphatic hydroxyl groups excluding tert-OH is 1. The monoisotopic (exact) mass is 448 g/mol. The minimum absolute atomic E-state index is 0.125. The summed E-state index contributed by atoms with van der Waals surface area (Å²) in [4.78, 5) is 41.5. The molecule has 0 aliphatic carbocycles. The Hall–Kier alpha value is -2.61. The molecular formula is C24H36N2O6. The molecule has 0 spiro atoms. The minimum atomic E-state index is -0.777. The highest BCUT2D eigenvalue weighted by atomic mass is 16.6. The highest BCUT2D eigenvalue weighted by molar-refractivity contribution is 5.87. The Kier molecular flexibility index (Phi) is 8.66. The van der Waals surface area contributed by atoms with Crippen LogP contribution in [0.25, 0.3) is 0 Å². The first kappa shape index (κ1) is 25.6. The number of hydrogen-bond donors (Lipinski definition) is 1. The van der Waals surface area contributed by atoms with Crippen LogP contribution in [-0.4, -0.2) is 70.8 Å². The van der Waals surface area contributed by atoms with Gasteiger partial charge < -0.3 is 24.4 Å². The molecule has 1 saturated heterocycles. The van der Waals surface area contributed by atoms with E-state index >= 15 is 0 Å². The second-order valence-corrected chi connectivity index (χ2v) is 9.55. The van der Waals surface area contributed by atoms with E-state index < -0.39 is 35.7 Å². The zero-order chi connectivity index (χ0) is 24.1. The van der Waals surface area contributed by atoms with Crippen molar-refractivity contribution < 1.29 is 29.0 Å². The minimum Gasteiger partial charge on any atom is -0.459 e. The largest absolute Gasteiger partial charge is 0.459 e. The predicted molar refractivity (Wildman–Crippen MR) is 120 cm³/mol. The van der Waals surface area contributed by atoms with Gasteiger partial charge in [-0.05, 0) is 38.7 Å². The first-order chi connectivity index (χ1) is 15.0. The molecule has 8 heteroatoms. The summed E-state index contributed by atoms with van der Waals surface area (Å²) in [6.07, 6.45) is -0.172. The van der Waals surface area contributed by atoms with Crippen molar-refractivity contribution in [2.45, 2.75) is 65.3 Å². The van der Waals surface area contributed by atoms with E-state index in [2.05, 4.69) is 0 Å². The van der Waals surface area contributed by atoms with Gasteiger partial charge in [0.2, 0.25) is 5.91 Å². The molecule has 1 aliphatic heterocycles. The number of likely N-dealkylation sites (N-methyl/N-ethyl adjacent to an activating group) is 1. The van der Waals surface area contributed by atoms with E-state index in [0.717, 1.165) is 5.56 Å². The zero-order valence-electron chi connectivity index (χ0n) is 19.9. The van der Waals surface area contributed by atoms with Gasteiger partial charge >= 0.3 is 12.1 Å². The molecule has 3 atom stereocenters. The van der Waals surface area contributed by atoms with Crippen LogP contribution in [-0.2, 0) is 25.7 Å². The lowest BCUT2D eigenvalue weighted by Crippen LogP contribution is -2.52. The summed E-state index contributed by atoms with van der Waals surface area (Å²) in [6.45, 7) is 9.05. The Labute approximate surface area is 190 Å². The summed E-state index contributed by atoms with van der Waals surface area (Å²) in [6, 6.07) is 7.86. The van der Waals surface area contributed by atoms with Crippen molar-refractivity contribution in [3.8, 4) is 0 Å². The number of benzene rings is 1. The Balaban J connectivity index is 2.09. The SMILES string of the molecule is CC(C)[C@@H](C(=O)OCc1ccccc1)N(C)C(=O)[C@H]1CCN(C(=O)OC(C)(C)C)[C@@H]1CO. The lowest BCUT2D eigenvalue weighted by atomic mass is 9.96. The van der Waals surface area contributed by atoms with Crippen molar-refractivity contribution >= 4 is 18.0 Å². The van der Waals surface area contributed by atoms with E-state index in [1.165, 1.54) is 9.80 Å². The summed E-state index contributed by atoms with van der Waals surface area (Å²) in [7, 11) is 1.57. The molecule has 1 fully saturated rings. The van der Waals surface area contributed by atoms with E-state index in [-0.39, 0.29) is 25.0 Å². The van der Waals surface area contributed by atoms with Crippen LogP contribution in [0.4, 0.5) is 4.79 Å². The van der Waals surface area contributed by atoms with Crippen LogP contribution in [0.1, 0.15) is 46.6 Å². The number of carbonyl (C=O) groups is 3. The zero-order valence-corrected chi connectivity index (χ0v) is 19.9. The van der Waals surface area contributed by atoms with Gasteiger partial charge in [-0.2, -0.15) is 0 Å². The fourth-order valence-corrected chi connectivity index (χ4v) is 4.00. The molecule has 0 bridgehead atoms. The van der Waals surface area contributed by atoms with Gasteiger partial charge in [0, 0.05) is 13.6 Å². The van der Waals surface area contributed by atoms with Crippen LogP contribution in [0.15, 0.2) is 30.3 Å². The second kappa shape index (κ2) is 10.8. The number of esters is 1. The van der Waals surface area contributed by atoms with Crippen LogP contribution < -0.4 is 0 Å². The molecule has 32 heavy (non-hydrogen) atoms. The third-order valence-electron chi connectivity index (χ3n) is 5.54. The highest BCUT2D eigenvalue weighted by Gasteiger charge is 2.45. The fourth-order valence-electron chi connectivity index (χ4n) is 4.00. The average molecular weight is 449 g/mol. The Morgan fingerprint density at radius 3 is 2.34 bits per heavy atom. The maximum Gasteiger partial charge on any atom is 0.410 e. The predicted octanol–water partition coefficient (Wildman–Crippen LogP) is 2.83. The summed E-state index contributed by atoms with van der Waals surface area (Å²) >= 11 is 0. The Morgan fingerprint density at radius 1 is 1.19 bits per heavy atom. The third kappa shape index (κ3) is 6.45. The molecule has 1 N–H and O–H groups in total. The van der Waals surface area contributed by atoms with Gasteiger partial charge in [0.25, 0.3) is 0 Å². The molecule has 1 aliphatic rings. The molecule has 2 amide bonds. The molecule has 0 aromatic heterocycles. The standard InChI is InChI=1S/C24H36N2O6/c1-16(2)20(22(29)31-15-17-10-8-7-9-11-17)25(6)21(28)18-12-13-26(19(18)14-27)23(30)32-24(3,4)5/h7-11,16,18-20,27H,12-15H2,1-6H3/t18-,19+,20-/m0/s1. The quantitative estimate of drug-likeness (QED) is 0.645. The maximum absolute atomic E-state index is 13.3. The van der Waals surface area contributed by atoms with Crippen molar-refractivity contribution in [1.82, 2.24) is 9.80 Å². The number of rotatable bonds is 7. The lowest BCUT2D eigenvalue weighted by Gasteiger charge is -2.34. The van der Waals surface area contributed by atoms with Gasteiger partial charge in [0.15, 0.2) is 0 Å². The van der Waals surface area contributed by atoms with Gasteiger partial charge in [-0.15, -0.1) is 0 Å². The third-order valence-corrected chi connectivity index (χ3v) is 5.54. The number of carbonyl (C=O) groups excluding carboxylic acids is 3. The van der Waals surface area contributed by atoms with Gasteiger partial charge in [-0.1, -0.05) is 44.2 Å². The summed E-state index contributed by atoms with van der Waals surface area (Å²) in [5.41, 5.74) is 0.183. The molecule has 0 saturated carbocycles. The van der Waals surface area contributed by atoms with Crippen molar-refractivity contribution in [2.24, 2.45) is 11.8 Å². The number of nitrogens with zero attached hydrogens (tertiary/aromatic N) is 2. The van der Waals surface area contributed by atoms with Gasteiger partial charge in [-0.3, -0.25) is 4.79 Å². The molecule has 0 radical (unpaired) electrons. The number of ether oxygens (including phenoxy) is 2. The van der Waals surface area contributed by atoms with Gasteiger partial charge in [-0.25, -0.2) is 9.59 Å². The van der Waals surface area contributed by atoms with Crippen molar-refractivity contribution in [3.05, 3.63) is 35.9 Å². The lowest BCUT2D eigenvalue weighted by molar-refractivity contribution is -0.158. The van der Waals surface area contributed by atoms with Crippen LogP contribution in [0.3, 0.4) is 0 Å². The maximum atomic E-state index is 13.3. The number of aliphatic hydroxyl groups is 1. The second-order valence-electron chi connectivity index (χ2n) is 9.55. The Morgan fingerprint density at radius 2 is 1.81 bits per heavy atom. The normalized spacial score (nSPS) is 19.6. The Bertz CT molecular complexity index is 789. The fraction of sp³-hybridized carbons (Fsp3) is 0.625. The number of likely N-dealkylation sites (tertiary alicyclic amines) is 1. The van der Waals surface area contributed by atoms with E-state index in [1.807, 2.05) is 44.2 Å². The molecule has 8 nitrogen and oxygen atoms in total. The van der Waals surface area contributed by atoms with Crippen LogP contribution in [0.2, 0.25) is 0 Å².